The van der Waals surface area contributed by atoms with E-state index in [9.17, 15) is 0 Å². The smallest absolute Gasteiger partial charge is 0.176 e. The van der Waals surface area contributed by atoms with Crippen molar-refractivity contribution >= 4 is 28.8 Å². The highest BCUT2D eigenvalue weighted by atomic mass is 32.1. The number of anilines is 2. The van der Waals surface area contributed by atoms with E-state index in [0.717, 1.165) is 18.1 Å². The molecule has 3 aromatic rings. The van der Waals surface area contributed by atoms with Crippen LogP contribution in [0.5, 0.6) is 0 Å². The number of thiocarbonyl (C=S) groups is 1. The van der Waals surface area contributed by atoms with E-state index in [0.29, 0.717) is 5.11 Å². The fourth-order valence-electron chi connectivity index (χ4n) is 2.20. The Balaban J connectivity index is 1.58. The van der Waals surface area contributed by atoms with Crippen molar-refractivity contribution in [2.24, 2.45) is 0 Å². The summed E-state index contributed by atoms with van der Waals surface area (Å²) >= 11 is 5.30. The molecule has 0 unspecified atom stereocenters. The van der Waals surface area contributed by atoms with Gasteiger partial charge < -0.3 is 10.6 Å². The molecule has 1 heterocycles. The maximum absolute atomic E-state index is 5.30. The lowest BCUT2D eigenvalue weighted by Gasteiger charge is -2.08. The van der Waals surface area contributed by atoms with Gasteiger partial charge in [-0.15, -0.1) is 0 Å². The normalized spacial score (nSPS) is 10.3. The monoisotopic (exact) mass is 322 g/mol. The SMILES string of the molecule is Cc1ccc(Cn2ccc(NC(=S)Nc3ccccc3)n2)cc1. The highest BCUT2D eigenvalue weighted by Crippen LogP contribution is 2.10. The average molecular weight is 322 g/mol. The highest BCUT2D eigenvalue weighted by Gasteiger charge is 2.03. The number of nitrogens with zero attached hydrogens (tertiary/aromatic N) is 2. The topological polar surface area (TPSA) is 41.9 Å². The van der Waals surface area contributed by atoms with Crippen molar-refractivity contribution in [1.29, 1.82) is 0 Å². The van der Waals surface area contributed by atoms with Gasteiger partial charge in [0.05, 0.1) is 6.54 Å². The van der Waals surface area contributed by atoms with Crippen molar-refractivity contribution in [2.45, 2.75) is 13.5 Å². The van der Waals surface area contributed by atoms with Crippen LogP contribution < -0.4 is 10.6 Å². The number of aryl methyl sites for hydroxylation is 1. The zero-order chi connectivity index (χ0) is 16.1. The summed E-state index contributed by atoms with van der Waals surface area (Å²) in [6.45, 7) is 2.82. The van der Waals surface area contributed by atoms with Gasteiger partial charge in [0, 0.05) is 18.0 Å². The Kier molecular flexibility index (Phi) is 4.68. The minimum Gasteiger partial charge on any atom is -0.332 e. The van der Waals surface area contributed by atoms with Crippen LogP contribution in [-0.2, 0) is 6.54 Å². The predicted molar refractivity (Wildman–Crippen MR) is 98.8 cm³/mol. The number of hydrogen-bond donors (Lipinski definition) is 2. The van der Waals surface area contributed by atoms with Gasteiger partial charge in [0.1, 0.15) is 0 Å². The van der Waals surface area contributed by atoms with Gasteiger partial charge in [-0.2, -0.15) is 5.10 Å². The van der Waals surface area contributed by atoms with Gasteiger partial charge in [0.15, 0.2) is 10.9 Å². The van der Waals surface area contributed by atoms with Crippen molar-refractivity contribution in [3.8, 4) is 0 Å². The Morgan fingerprint density at radius 2 is 1.74 bits per heavy atom. The van der Waals surface area contributed by atoms with Crippen molar-refractivity contribution < 1.29 is 0 Å². The van der Waals surface area contributed by atoms with Crippen LogP contribution >= 0.6 is 12.2 Å². The molecule has 0 bridgehead atoms. The molecule has 0 radical (unpaired) electrons. The molecular weight excluding hydrogens is 304 g/mol. The van der Waals surface area contributed by atoms with Gasteiger partial charge in [0.2, 0.25) is 0 Å². The van der Waals surface area contributed by atoms with Crippen LogP contribution in [-0.4, -0.2) is 14.9 Å². The summed E-state index contributed by atoms with van der Waals surface area (Å²) in [5, 5.41) is 11.2. The molecule has 23 heavy (non-hydrogen) atoms. The Bertz CT molecular complexity index is 778. The first-order valence-electron chi connectivity index (χ1n) is 7.41. The van der Waals surface area contributed by atoms with Gasteiger partial charge in [-0.1, -0.05) is 48.0 Å². The summed E-state index contributed by atoms with van der Waals surface area (Å²) in [4.78, 5) is 0. The molecule has 2 aromatic carbocycles. The first-order chi connectivity index (χ1) is 11.2. The van der Waals surface area contributed by atoms with E-state index < -0.39 is 0 Å². The molecule has 2 N–H and O–H groups in total. The molecule has 1 aromatic heterocycles. The molecule has 0 aliphatic rings. The van der Waals surface area contributed by atoms with Crippen LogP contribution in [0.25, 0.3) is 0 Å². The van der Waals surface area contributed by atoms with Gasteiger partial charge in [0.25, 0.3) is 0 Å². The molecule has 0 aliphatic carbocycles. The van der Waals surface area contributed by atoms with Gasteiger partial charge in [-0.05, 0) is 36.8 Å². The molecule has 116 valence electrons. The number of aromatic nitrogens is 2. The Morgan fingerprint density at radius 1 is 1.00 bits per heavy atom. The third kappa shape index (κ3) is 4.40. The summed E-state index contributed by atoms with van der Waals surface area (Å²) in [5.74, 6) is 0.727. The molecule has 0 atom stereocenters. The lowest BCUT2D eigenvalue weighted by molar-refractivity contribution is 0.690. The minimum absolute atomic E-state index is 0.525. The van der Waals surface area contributed by atoms with Gasteiger partial charge >= 0.3 is 0 Å². The van der Waals surface area contributed by atoms with E-state index in [1.54, 1.807) is 0 Å². The van der Waals surface area contributed by atoms with Crippen LogP contribution in [0.2, 0.25) is 0 Å². The second-order valence-corrected chi connectivity index (χ2v) is 5.74. The number of benzene rings is 2. The average Bonchev–Trinajstić information content (AvgIpc) is 2.97. The largest absolute Gasteiger partial charge is 0.332 e. The third-order valence-electron chi connectivity index (χ3n) is 3.38. The highest BCUT2D eigenvalue weighted by molar-refractivity contribution is 7.80. The Morgan fingerprint density at radius 3 is 2.48 bits per heavy atom. The van der Waals surface area contributed by atoms with Crippen molar-refractivity contribution in [2.75, 3.05) is 10.6 Å². The van der Waals surface area contributed by atoms with E-state index in [2.05, 4.69) is 46.9 Å². The maximum atomic E-state index is 5.30. The van der Waals surface area contributed by atoms with Crippen LogP contribution in [0.1, 0.15) is 11.1 Å². The summed E-state index contributed by atoms with van der Waals surface area (Å²) in [7, 11) is 0. The zero-order valence-corrected chi connectivity index (χ0v) is 13.7. The van der Waals surface area contributed by atoms with E-state index in [-0.39, 0.29) is 0 Å². The summed E-state index contributed by atoms with van der Waals surface area (Å²) in [6, 6.07) is 20.2. The van der Waals surface area contributed by atoms with Crippen LogP contribution in [0.15, 0.2) is 66.9 Å². The fourth-order valence-corrected chi connectivity index (χ4v) is 2.42. The van der Waals surface area contributed by atoms with E-state index in [1.807, 2.05) is 47.3 Å². The quantitative estimate of drug-likeness (QED) is 0.711. The number of rotatable bonds is 4. The lowest BCUT2D eigenvalue weighted by Crippen LogP contribution is -2.19. The molecular formula is C18H18N4S. The molecule has 0 amide bonds. The molecule has 4 nitrogen and oxygen atoms in total. The molecule has 0 spiro atoms. The number of para-hydroxylation sites is 1. The second-order valence-electron chi connectivity index (χ2n) is 5.33. The molecule has 0 saturated heterocycles. The maximum Gasteiger partial charge on any atom is 0.176 e. The molecule has 0 fully saturated rings. The summed E-state index contributed by atoms with van der Waals surface area (Å²) < 4.78 is 1.89. The lowest BCUT2D eigenvalue weighted by atomic mass is 10.1. The standard InChI is InChI=1S/C18H18N4S/c1-14-7-9-15(10-8-14)13-22-12-11-17(21-22)20-18(23)19-16-5-3-2-4-6-16/h2-12H,13H2,1H3,(H2,19,20,21,23). The molecule has 3 rings (SSSR count). The van der Waals surface area contributed by atoms with Gasteiger partial charge in [-0.25, -0.2) is 0 Å². The van der Waals surface area contributed by atoms with Crippen LogP contribution in [0.3, 0.4) is 0 Å². The second kappa shape index (κ2) is 7.07. The van der Waals surface area contributed by atoms with Crippen molar-refractivity contribution in [3.63, 3.8) is 0 Å². The summed E-state index contributed by atoms with van der Waals surface area (Å²) in [5.41, 5.74) is 3.42. The molecule has 0 aliphatic heterocycles. The van der Waals surface area contributed by atoms with E-state index >= 15 is 0 Å². The number of nitrogens with one attached hydrogen (secondary N) is 2. The van der Waals surface area contributed by atoms with Crippen molar-refractivity contribution in [3.05, 3.63) is 78.0 Å². The molecule has 5 heteroatoms. The Labute approximate surface area is 141 Å². The van der Waals surface area contributed by atoms with E-state index in [1.165, 1.54) is 11.1 Å². The zero-order valence-electron chi connectivity index (χ0n) is 12.9. The van der Waals surface area contributed by atoms with Crippen LogP contribution in [0, 0.1) is 6.92 Å². The van der Waals surface area contributed by atoms with Crippen molar-refractivity contribution in [1.82, 2.24) is 9.78 Å². The fraction of sp³-hybridized carbons (Fsp3) is 0.111. The van der Waals surface area contributed by atoms with Crippen LogP contribution in [0.4, 0.5) is 11.5 Å². The predicted octanol–water partition coefficient (Wildman–Crippen LogP) is 4.05. The van der Waals surface area contributed by atoms with E-state index in [4.69, 9.17) is 12.2 Å². The third-order valence-corrected chi connectivity index (χ3v) is 3.58. The molecule has 0 saturated carbocycles. The number of hydrogen-bond acceptors (Lipinski definition) is 2. The first kappa shape index (κ1) is 15.2. The summed E-state index contributed by atoms with van der Waals surface area (Å²) in [6.07, 6.45) is 1.94. The van der Waals surface area contributed by atoms with Gasteiger partial charge in [-0.3, -0.25) is 4.68 Å². The Hall–Kier alpha value is -2.66. The minimum atomic E-state index is 0.525. The first-order valence-corrected chi connectivity index (χ1v) is 7.82.